The Hall–Kier alpha value is -2.78. The van der Waals surface area contributed by atoms with Crippen LogP contribution in [0.3, 0.4) is 0 Å². The zero-order valence-electron chi connectivity index (χ0n) is 29.5. The quantitative estimate of drug-likeness (QED) is 0.112. The molecule has 0 aromatic heterocycles. The normalized spacial score (nSPS) is 17.3. The lowest BCUT2D eigenvalue weighted by Crippen LogP contribution is -2.52. The number of carbonyl (C=O) groups excluding carboxylic acids is 2. The lowest BCUT2D eigenvalue weighted by atomic mass is 9.72. The third kappa shape index (κ3) is 9.61. The first kappa shape index (κ1) is 38.4. The van der Waals surface area contributed by atoms with E-state index in [2.05, 4.69) is 39.2 Å². The number of carbonyl (C=O) groups is 2. The summed E-state index contributed by atoms with van der Waals surface area (Å²) in [5.41, 5.74) is 2.18. The van der Waals surface area contributed by atoms with Crippen molar-refractivity contribution in [2.45, 2.75) is 124 Å². The highest BCUT2D eigenvalue weighted by Gasteiger charge is 2.45. The van der Waals surface area contributed by atoms with Gasteiger partial charge in [-0.25, -0.2) is 4.79 Å². The molecule has 2 rings (SSSR count). The maximum absolute atomic E-state index is 14.2. The van der Waals surface area contributed by atoms with Gasteiger partial charge in [0.05, 0.1) is 18.2 Å². The SMILES string of the molecule is CC[C@H](O)C(C)(C)[C@@H](O)[C@@H](C)/C(C)=C(\C)C(C)OC(=O)[C@H](O[Si](C)(C)C(C)(C)C)[C@@H](NC(=O)c1ccccc1)c1ccccc1. The number of benzene rings is 2. The van der Waals surface area contributed by atoms with Crippen LogP contribution >= 0.6 is 0 Å². The van der Waals surface area contributed by atoms with Gasteiger partial charge in [-0.1, -0.05) is 103 Å². The number of aliphatic hydroxyl groups excluding tert-OH is 2. The van der Waals surface area contributed by atoms with Crippen LogP contribution in [-0.2, 0) is 14.0 Å². The van der Waals surface area contributed by atoms with Crippen LogP contribution in [0.1, 0.15) is 97.6 Å². The first-order chi connectivity index (χ1) is 20.8. The van der Waals surface area contributed by atoms with Gasteiger partial charge in [0.2, 0.25) is 0 Å². The number of rotatable bonds is 14. The molecule has 2 aromatic rings. The van der Waals surface area contributed by atoms with Crippen LogP contribution in [-0.4, -0.2) is 54.8 Å². The number of esters is 1. The van der Waals surface area contributed by atoms with E-state index < -0.39 is 50.2 Å². The van der Waals surface area contributed by atoms with E-state index in [9.17, 15) is 19.8 Å². The number of hydrogen-bond donors (Lipinski definition) is 3. The first-order valence-electron chi connectivity index (χ1n) is 16.1. The molecule has 0 bridgehead atoms. The number of ether oxygens (including phenoxy) is 1. The maximum Gasteiger partial charge on any atom is 0.337 e. The summed E-state index contributed by atoms with van der Waals surface area (Å²) < 4.78 is 12.9. The molecule has 0 saturated carbocycles. The summed E-state index contributed by atoms with van der Waals surface area (Å²) in [6.45, 7) is 23.6. The minimum absolute atomic E-state index is 0.213. The van der Waals surface area contributed by atoms with Crippen LogP contribution in [0.5, 0.6) is 0 Å². The van der Waals surface area contributed by atoms with Gasteiger partial charge in [0.15, 0.2) is 14.4 Å². The third-order valence-electron chi connectivity index (χ3n) is 9.93. The van der Waals surface area contributed by atoms with Crippen LogP contribution in [0.2, 0.25) is 18.1 Å². The van der Waals surface area contributed by atoms with Crippen molar-refractivity contribution < 1.29 is 29.0 Å². The Morgan fingerprint density at radius 2 is 1.38 bits per heavy atom. The van der Waals surface area contributed by atoms with Gasteiger partial charge in [-0.05, 0) is 68.6 Å². The fraction of sp³-hybridized carbons (Fsp3) is 0.568. The van der Waals surface area contributed by atoms with E-state index >= 15 is 0 Å². The van der Waals surface area contributed by atoms with Gasteiger partial charge >= 0.3 is 5.97 Å². The van der Waals surface area contributed by atoms with Crippen LogP contribution in [0.25, 0.3) is 0 Å². The molecule has 0 fully saturated rings. The average molecular weight is 640 g/mol. The topological polar surface area (TPSA) is 105 Å². The summed E-state index contributed by atoms with van der Waals surface area (Å²) >= 11 is 0. The van der Waals surface area contributed by atoms with E-state index in [0.717, 1.165) is 16.7 Å². The Morgan fingerprint density at radius 1 is 0.867 bits per heavy atom. The zero-order chi connectivity index (χ0) is 34.3. The molecule has 45 heavy (non-hydrogen) atoms. The Bertz CT molecular complexity index is 1280. The smallest absolute Gasteiger partial charge is 0.337 e. The van der Waals surface area contributed by atoms with Crippen molar-refractivity contribution in [2.24, 2.45) is 11.3 Å². The average Bonchev–Trinajstić information content (AvgIpc) is 3.00. The van der Waals surface area contributed by atoms with Gasteiger partial charge in [0.25, 0.3) is 5.91 Å². The van der Waals surface area contributed by atoms with Gasteiger partial charge in [-0.2, -0.15) is 0 Å². The van der Waals surface area contributed by atoms with Crippen LogP contribution in [0, 0.1) is 11.3 Å². The van der Waals surface area contributed by atoms with Crippen molar-refractivity contribution in [2.75, 3.05) is 0 Å². The Balaban J connectivity index is 2.52. The van der Waals surface area contributed by atoms with Crippen LogP contribution in [0.15, 0.2) is 71.8 Å². The lowest BCUT2D eigenvalue weighted by Gasteiger charge is -2.41. The number of aliphatic hydroxyl groups is 2. The third-order valence-corrected chi connectivity index (χ3v) is 14.4. The van der Waals surface area contributed by atoms with Crippen LogP contribution < -0.4 is 5.32 Å². The monoisotopic (exact) mass is 639 g/mol. The molecule has 0 spiro atoms. The van der Waals surface area contributed by atoms with Crippen molar-refractivity contribution in [3.8, 4) is 0 Å². The van der Waals surface area contributed by atoms with Gasteiger partial charge in [0, 0.05) is 16.9 Å². The van der Waals surface area contributed by atoms with E-state index in [1.807, 2.05) is 84.9 Å². The second-order valence-corrected chi connectivity index (χ2v) is 19.2. The lowest BCUT2D eigenvalue weighted by molar-refractivity contribution is -0.157. The zero-order valence-corrected chi connectivity index (χ0v) is 30.5. The summed E-state index contributed by atoms with van der Waals surface area (Å²) in [4.78, 5) is 27.7. The highest BCUT2D eigenvalue weighted by molar-refractivity contribution is 6.74. The molecule has 6 atom stereocenters. The van der Waals surface area contributed by atoms with E-state index in [1.54, 1.807) is 24.3 Å². The van der Waals surface area contributed by atoms with Gasteiger partial charge in [0.1, 0.15) is 6.10 Å². The number of nitrogens with one attached hydrogen (secondary N) is 1. The molecule has 1 amide bonds. The summed E-state index contributed by atoms with van der Waals surface area (Å²) in [5.74, 6) is -1.18. The predicted octanol–water partition coefficient (Wildman–Crippen LogP) is 7.61. The summed E-state index contributed by atoms with van der Waals surface area (Å²) in [5, 5.41) is 24.7. The fourth-order valence-corrected chi connectivity index (χ4v) is 6.39. The molecule has 0 aliphatic rings. The minimum Gasteiger partial charge on any atom is -0.456 e. The Morgan fingerprint density at radius 3 is 1.87 bits per heavy atom. The van der Waals surface area contributed by atoms with Gasteiger partial charge in [-0.3, -0.25) is 4.79 Å². The van der Waals surface area contributed by atoms with Gasteiger partial charge < -0.3 is 24.7 Å². The Labute approximate surface area is 272 Å². The van der Waals surface area contributed by atoms with Crippen molar-refractivity contribution in [3.05, 3.63) is 82.9 Å². The van der Waals surface area contributed by atoms with E-state index in [1.165, 1.54) is 0 Å². The van der Waals surface area contributed by atoms with Crippen LogP contribution in [0.4, 0.5) is 0 Å². The molecular weight excluding hydrogens is 582 g/mol. The fourth-order valence-electron chi connectivity index (χ4n) is 5.17. The summed E-state index contributed by atoms with van der Waals surface area (Å²) in [6.07, 6.45) is -2.68. The van der Waals surface area contributed by atoms with Crippen molar-refractivity contribution in [3.63, 3.8) is 0 Å². The molecule has 8 heteroatoms. The molecule has 0 radical (unpaired) electrons. The molecule has 250 valence electrons. The van der Waals surface area contributed by atoms with Crippen molar-refractivity contribution in [1.29, 1.82) is 0 Å². The van der Waals surface area contributed by atoms with E-state index in [-0.39, 0.29) is 16.9 Å². The molecule has 7 nitrogen and oxygen atoms in total. The van der Waals surface area contributed by atoms with Crippen molar-refractivity contribution in [1.82, 2.24) is 5.32 Å². The summed E-state index contributed by atoms with van der Waals surface area (Å²) in [7, 11) is -2.55. The van der Waals surface area contributed by atoms with E-state index in [4.69, 9.17) is 9.16 Å². The van der Waals surface area contributed by atoms with Crippen molar-refractivity contribution >= 4 is 20.2 Å². The second-order valence-electron chi connectivity index (χ2n) is 14.5. The number of amides is 1. The first-order valence-corrected chi connectivity index (χ1v) is 19.0. The molecule has 1 unspecified atom stereocenters. The highest BCUT2D eigenvalue weighted by Crippen LogP contribution is 2.40. The summed E-state index contributed by atoms with van der Waals surface area (Å²) in [6, 6.07) is 17.5. The largest absolute Gasteiger partial charge is 0.456 e. The highest BCUT2D eigenvalue weighted by atomic mass is 28.4. The molecule has 2 aromatic carbocycles. The number of hydrogen-bond acceptors (Lipinski definition) is 6. The molecule has 0 heterocycles. The Kier molecular flexibility index (Phi) is 13.4. The molecule has 3 N–H and O–H groups in total. The standard InChI is InChI=1S/C37H57NO6Si/c1-13-30(39)37(9,10)33(40)26(4)24(2)25(3)27(5)43-35(42)32(44-45(11,12)36(6,7)8)31(28-20-16-14-17-21-28)38-34(41)29-22-18-15-19-23-29/h14-23,26-27,30-33,39-40H,13H2,1-12H3,(H,38,41)/b25-24+/t26-,27?,30-,31-,32+,33-/m0/s1. The van der Waals surface area contributed by atoms with E-state index in [0.29, 0.717) is 12.0 Å². The van der Waals surface area contributed by atoms with Gasteiger partial charge in [-0.15, -0.1) is 0 Å². The molecule has 0 aliphatic heterocycles. The maximum atomic E-state index is 14.2. The minimum atomic E-state index is -2.55. The predicted molar refractivity (Wildman–Crippen MR) is 184 cm³/mol. The molecule has 0 aliphatic carbocycles. The molecule has 0 saturated heterocycles. The second kappa shape index (κ2) is 15.7. The molecular formula is C37H57NO6Si.